The van der Waals surface area contributed by atoms with Gasteiger partial charge < -0.3 is 9.84 Å². The van der Waals surface area contributed by atoms with Crippen LogP contribution in [-0.2, 0) is 26.8 Å². The first kappa shape index (κ1) is 24.1. The van der Waals surface area contributed by atoms with Crippen LogP contribution in [0.3, 0.4) is 0 Å². The summed E-state index contributed by atoms with van der Waals surface area (Å²) in [5.74, 6) is 0.108. The molecule has 0 aliphatic carbocycles. The third kappa shape index (κ3) is 5.37. The minimum Gasteiger partial charge on any atom is -0.347 e. The maximum absolute atomic E-state index is 12.9. The number of amides is 1. The van der Waals surface area contributed by atoms with Crippen LogP contribution in [0.15, 0.2) is 64.0 Å². The molecule has 8 nitrogen and oxygen atoms in total. The third-order valence-electron chi connectivity index (χ3n) is 6.03. The second kappa shape index (κ2) is 9.68. The lowest BCUT2D eigenvalue weighted by molar-refractivity contribution is -0.126. The number of hydrogen-bond donors (Lipinski definition) is 1. The molecule has 1 aliphatic heterocycles. The fourth-order valence-corrected chi connectivity index (χ4v) is 5.53. The van der Waals surface area contributed by atoms with Gasteiger partial charge >= 0.3 is 0 Å². The molecule has 1 aliphatic rings. The van der Waals surface area contributed by atoms with Crippen LogP contribution < -0.4 is 5.32 Å². The van der Waals surface area contributed by atoms with Crippen LogP contribution in [0.5, 0.6) is 0 Å². The molecular weight excluding hydrogens is 452 g/mol. The fraction of sp³-hybridized carbons (Fsp3) is 0.400. The van der Waals surface area contributed by atoms with Crippen molar-refractivity contribution in [3.05, 3.63) is 66.1 Å². The largest absolute Gasteiger partial charge is 0.347 e. The molecule has 1 N–H and O–H groups in total. The molecule has 1 amide bonds. The van der Waals surface area contributed by atoms with Gasteiger partial charge in [-0.1, -0.05) is 68.4 Å². The van der Waals surface area contributed by atoms with Crippen molar-refractivity contribution in [1.82, 2.24) is 19.8 Å². The van der Waals surface area contributed by atoms with E-state index in [1.807, 2.05) is 24.3 Å². The van der Waals surface area contributed by atoms with Gasteiger partial charge in [-0.3, -0.25) is 4.79 Å². The summed E-state index contributed by atoms with van der Waals surface area (Å²) in [5.41, 5.74) is 2.10. The second-order valence-corrected chi connectivity index (χ2v) is 11.5. The Morgan fingerprint density at radius 2 is 1.82 bits per heavy atom. The molecule has 1 aromatic heterocycles. The lowest BCUT2D eigenvalue weighted by Crippen LogP contribution is -2.45. The van der Waals surface area contributed by atoms with E-state index in [0.717, 1.165) is 5.56 Å². The number of rotatable bonds is 6. The van der Waals surface area contributed by atoms with Gasteiger partial charge in [0.05, 0.1) is 17.4 Å². The predicted molar refractivity (Wildman–Crippen MR) is 128 cm³/mol. The molecule has 0 unspecified atom stereocenters. The minimum absolute atomic E-state index is 0.0559. The first-order chi connectivity index (χ1) is 16.1. The molecule has 34 heavy (non-hydrogen) atoms. The molecular formula is C25H30N4O4S. The van der Waals surface area contributed by atoms with Crippen LogP contribution in [0.4, 0.5) is 0 Å². The Kier molecular flexibility index (Phi) is 6.86. The summed E-state index contributed by atoms with van der Waals surface area (Å²) >= 11 is 0. The highest BCUT2D eigenvalue weighted by molar-refractivity contribution is 7.89. The fourth-order valence-electron chi connectivity index (χ4n) is 3.99. The van der Waals surface area contributed by atoms with Crippen molar-refractivity contribution in [2.45, 2.75) is 50.5 Å². The maximum atomic E-state index is 12.9. The topological polar surface area (TPSA) is 105 Å². The smallest absolute Gasteiger partial charge is 0.246 e. The van der Waals surface area contributed by atoms with Gasteiger partial charge in [0.15, 0.2) is 0 Å². The van der Waals surface area contributed by atoms with E-state index in [2.05, 4.69) is 36.2 Å². The lowest BCUT2D eigenvalue weighted by Gasteiger charge is -2.31. The summed E-state index contributed by atoms with van der Waals surface area (Å²) in [6.07, 6.45) is 1.25. The number of nitrogens with one attached hydrogen (secondary N) is 1. The molecule has 180 valence electrons. The molecule has 0 radical (unpaired) electrons. The Balaban J connectivity index is 1.35. The molecule has 0 saturated carbocycles. The Bertz CT molecular complexity index is 1230. The van der Waals surface area contributed by atoms with Crippen molar-refractivity contribution in [2.75, 3.05) is 13.1 Å². The average Bonchev–Trinajstić information content (AvgIpc) is 3.32. The molecule has 0 bridgehead atoms. The average molecular weight is 483 g/mol. The number of carbonyl (C=O) groups is 1. The summed E-state index contributed by atoms with van der Waals surface area (Å²) in [4.78, 5) is 17.4. The van der Waals surface area contributed by atoms with Crippen molar-refractivity contribution < 1.29 is 17.7 Å². The molecule has 3 aromatic rings. The van der Waals surface area contributed by atoms with E-state index in [0.29, 0.717) is 31.1 Å². The SMILES string of the molecule is CC(C)(C)c1ccc(-c2noc(CNC(=O)[C@@H]3CCCN(S(=O)(=O)c4ccccc4)C3)n2)cc1. The highest BCUT2D eigenvalue weighted by Crippen LogP contribution is 2.26. The van der Waals surface area contributed by atoms with Crippen molar-refractivity contribution in [3.8, 4) is 11.4 Å². The third-order valence-corrected chi connectivity index (χ3v) is 7.91. The van der Waals surface area contributed by atoms with E-state index in [1.165, 1.54) is 9.87 Å². The summed E-state index contributed by atoms with van der Waals surface area (Å²) in [5, 5.41) is 6.84. The van der Waals surface area contributed by atoms with Crippen molar-refractivity contribution in [1.29, 1.82) is 0 Å². The summed E-state index contributed by atoms with van der Waals surface area (Å²) < 4.78 is 32.5. The van der Waals surface area contributed by atoms with Crippen LogP contribution in [0.1, 0.15) is 45.1 Å². The van der Waals surface area contributed by atoms with Crippen LogP contribution in [0.2, 0.25) is 0 Å². The minimum atomic E-state index is -3.62. The summed E-state index contributed by atoms with van der Waals surface area (Å²) in [6.45, 7) is 7.10. The molecule has 9 heteroatoms. The van der Waals surface area contributed by atoms with Gasteiger partial charge in [0.1, 0.15) is 0 Å². The number of aromatic nitrogens is 2. The van der Waals surface area contributed by atoms with Gasteiger partial charge in [-0.25, -0.2) is 8.42 Å². The van der Waals surface area contributed by atoms with E-state index in [1.54, 1.807) is 30.3 Å². The van der Waals surface area contributed by atoms with E-state index >= 15 is 0 Å². The number of sulfonamides is 1. The monoisotopic (exact) mass is 482 g/mol. The molecule has 2 heterocycles. The van der Waals surface area contributed by atoms with Crippen LogP contribution in [-0.4, -0.2) is 41.9 Å². The quantitative estimate of drug-likeness (QED) is 0.574. The van der Waals surface area contributed by atoms with Gasteiger partial charge in [0.2, 0.25) is 27.6 Å². The molecule has 1 atom stereocenters. The number of nitrogens with zero attached hydrogens (tertiary/aromatic N) is 3. The van der Waals surface area contributed by atoms with Crippen LogP contribution in [0, 0.1) is 5.92 Å². The van der Waals surface area contributed by atoms with Gasteiger partial charge in [-0.05, 0) is 36.0 Å². The van der Waals surface area contributed by atoms with Crippen LogP contribution in [0.25, 0.3) is 11.4 Å². The molecule has 0 spiro atoms. The zero-order valence-electron chi connectivity index (χ0n) is 19.7. The van der Waals surface area contributed by atoms with Gasteiger partial charge in [0.25, 0.3) is 0 Å². The molecule has 2 aromatic carbocycles. The first-order valence-electron chi connectivity index (χ1n) is 11.4. The van der Waals surface area contributed by atoms with E-state index in [-0.39, 0.29) is 29.3 Å². The number of carbonyl (C=O) groups excluding carboxylic acids is 1. The van der Waals surface area contributed by atoms with Crippen molar-refractivity contribution in [2.24, 2.45) is 5.92 Å². The zero-order chi connectivity index (χ0) is 24.3. The molecule has 4 rings (SSSR count). The Morgan fingerprint density at radius 3 is 2.50 bits per heavy atom. The number of piperidine rings is 1. The van der Waals surface area contributed by atoms with E-state index < -0.39 is 15.9 Å². The lowest BCUT2D eigenvalue weighted by atomic mass is 9.87. The molecule has 1 saturated heterocycles. The van der Waals surface area contributed by atoms with Crippen molar-refractivity contribution >= 4 is 15.9 Å². The predicted octanol–water partition coefficient (Wildman–Crippen LogP) is 3.75. The second-order valence-electron chi connectivity index (χ2n) is 9.57. The highest BCUT2D eigenvalue weighted by atomic mass is 32.2. The van der Waals surface area contributed by atoms with Gasteiger partial charge in [-0.15, -0.1) is 0 Å². The Morgan fingerprint density at radius 1 is 1.12 bits per heavy atom. The Labute approximate surface area is 200 Å². The van der Waals surface area contributed by atoms with E-state index in [9.17, 15) is 13.2 Å². The maximum Gasteiger partial charge on any atom is 0.246 e. The van der Waals surface area contributed by atoms with Crippen molar-refractivity contribution in [3.63, 3.8) is 0 Å². The Hall–Kier alpha value is -3.04. The van der Waals surface area contributed by atoms with Crippen LogP contribution >= 0.6 is 0 Å². The van der Waals surface area contributed by atoms with Gasteiger partial charge in [-0.2, -0.15) is 9.29 Å². The molecule has 1 fully saturated rings. The standard InChI is InChI=1S/C25H30N4O4S/c1-25(2,3)20-13-11-18(12-14-20)23-27-22(33-28-23)16-26-24(30)19-8-7-15-29(17-19)34(31,32)21-9-5-4-6-10-21/h4-6,9-14,19H,7-8,15-17H2,1-3H3,(H,26,30)/t19-/m1/s1. The van der Waals surface area contributed by atoms with E-state index in [4.69, 9.17) is 4.52 Å². The first-order valence-corrected chi connectivity index (χ1v) is 12.8. The zero-order valence-corrected chi connectivity index (χ0v) is 20.5. The normalized spacial score (nSPS) is 17.4. The number of benzene rings is 2. The van der Waals surface area contributed by atoms with Gasteiger partial charge in [0, 0.05) is 18.7 Å². The summed E-state index contributed by atoms with van der Waals surface area (Å²) in [6, 6.07) is 16.3. The highest BCUT2D eigenvalue weighted by Gasteiger charge is 2.33. The number of hydrogen-bond acceptors (Lipinski definition) is 6. The summed E-state index contributed by atoms with van der Waals surface area (Å²) in [7, 11) is -3.62.